The standard InChI is InChI=1S/C12H13N5O/c1-2-11-14-12(18-15-11)9-17-8-10(7-13-17)16-5-3-4-6-16/h3-8H,2,9H2,1H3. The predicted octanol–water partition coefficient (Wildman–Crippen LogP) is 1.67. The van der Waals surface area contributed by atoms with E-state index in [0.717, 1.165) is 17.9 Å². The van der Waals surface area contributed by atoms with Crippen molar-refractivity contribution >= 4 is 0 Å². The molecule has 6 nitrogen and oxygen atoms in total. The Kier molecular flexibility index (Phi) is 2.68. The zero-order chi connectivity index (χ0) is 12.4. The van der Waals surface area contributed by atoms with Gasteiger partial charge in [-0.05, 0) is 12.1 Å². The average Bonchev–Trinajstić information content (AvgIpc) is 3.10. The van der Waals surface area contributed by atoms with Crippen molar-refractivity contribution in [2.24, 2.45) is 0 Å². The Labute approximate surface area is 104 Å². The second-order valence-electron chi connectivity index (χ2n) is 3.94. The van der Waals surface area contributed by atoms with Crippen LogP contribution in [-0.4, -0.2) is 24.5 Å². The Morgan fingerprint density at radius 2 is 2.11 bits per heavy atom. The minimum absolute atomic E-state index is 0.494. The molecule has 0 amide bonds. The lowest BCUT2D eigenvalue weighted by atomic mass is 10.5. The summed E-state index contributed by atoms with van der Waals surface area (Å²) in [7, 11) is 0. The first-order chi connectivity index (χ1) is 8.85. The van der Waals surface area contributed by atoms with Crippen LogP contribution in [0.2, 0.25) is 0 Å². The van der Waals surface area contributed by atoms with E-state index in [0.29, 0.717) is 12.4 Å². The summed E-state index contributed by atoms with van der Waals surface area (Å²) in [5.74, 6) is 1.30. The van der Waals surface area contributed by atoms with Crippen molar-refractivity contribution in [1.82, 2.24) is 24.5 Å². The van der Waals surface area contributed by atoms with Gasteiger partial charge in [0, 0.05) is 25.0 Å². The van der Waals surface area contributed by atoms with Gasteiger partial charge in [0.15, 0.2) is 5.82 Å². The number of hydrogen-bond donors (Lipinski definition) is 0. The molecule has 0 unspecified atom stereocenters. The molecule has 0 saturated carbocycles. The molecule has 0 aliphatic heterocycles. The number of nitrogens with zero attached hydrogens (tertiary/aromatic N) is 5. The largest absolute Gasteiger partial charge is 0.337 e. The molecular weight excluding hydrogens is 230 g/mol. The van der Waals surface area contributed by atoms with E-state index in [2.05, 4.69) is 15.2 Å². The van der Waals surface area contributed by atoms with Crippen LogP contribution in [0.3, 0.4) is 0 Å². The van der Waals surface area contributed by atoms with Crippen LogP contribution >= 0.6 is 0 Å². The third kappa shape index (κ3) is 2.04. The van der Waals surface area contributed by atoms with Crippen LogP contribution in [0, 0.1) is 0 Å². The van der Waals surface area contributed by atoms with Gasteiger partial charge in [-0.3, -0.25) is 4.68 Å². The highest BCUT2D eigenvalue weighted by molar-refractivity contribution is 5.26. The van der Waals surface area contributed by atoms with E-state index in [1.54, 1.807) is 10.9 Å². The van der Waals surface area contributed by atoms with E-state index in [4.69, 9.17) is 4.52 Å². The summed E-state index contributed by atoms with van der Waals surface area (Å²) in [5, 5.41) is 8.13. The lowest BCUT2D eigenvalue weighted by Crippen LogP contribution is -2.00. The highest BCUT2D eigenvalue weighted by Gasteiger charge is 2.07. The normalized spacial score (nSPS) is 10.9. The fraction of sp³-hybridized carbons (Fsp3) is 0.250. The van der Waals surface area contributed by atoms with Gasteiger partial charge in [-0.1, -0.05) is 12.1 Å². The molecule has 6 heteroatoms. The van der Waals surface area contributed by atoms with Gasteiger partial charge in [-0.2, -0.15) is 10.1 Å². The summed E-state index contributed by atoms with van der Waals surface area (Å²) < 4.78 is 8.91. The monoisotopic (exact) mass is 243 g/mol. The second-order valence-corrected chi connectivity index (χ2v) is 3.94. The molecule has 0 atom stereocenters. The molecule has 0 aliphatic rings. The summed E-state index contributed by atoms with van der Waals surface area (Å²) >= 11 is 0. The fourth-order valence-corrected chi connectivity index (χ4v) is 1.72. The van der Waals surface area contributed by atoms with Gasteiger partial charge in [0.25, 0.3) is 0 Å². The smallest absolute Gasteiger partial charge is 0.248 e. The Morgan fingerprint density at radius 1 is 1.28 bits per heavy atom. The van der Waals surface area contributed by atoms with Crippen LogP contribution in [0.4, 0.5) is 0 Å². The molecular formula is C12H13N5O. The van der Waals surface area contributed by atoms with Crippen molar-refractivity contribution in [2.75, 3.05) is 0 Å². The van der Waals surface area contributed by atoms with Crippen LogP contribution in [0.15, 0.2) is 41.4 Å². The maximum Gasteiger partial charge on any atom is 0.248 e. The second kappa shape index (κ2) is 4.48. The zero-order valence-corrected chi connectivity index (χ0v) is 10.0. The number of aromatic nitrogens is 5. The first-order valence-corrected chi connectivity index (χ1v) is 5.82. The van der Waals surface area contributed by atoms with Crippen molar-refractivity contribution < 1.29 is 4.52 Å². The van der Waals surface area contributed by atoms with Crippen molar-refractivity contribution in [3.63, 3.8) is 0 Å². The topological polar surface area (TPSA) is 61.7 Å². The van der Waals surface area contributed by atoms with E-state index in [-0.39, 0.29) is 0 Å². The molecule has 0 N–H and O–H groups in total. The number of rotatable bonds is 4. The molecule has 3 rings (SSSR count). The van der Waals surface area contributed by atoms with Crippen LogP contribution in [0.5, 0.6) is 0 Å². The molecule has 3 heterocycles. The lowest BCUT2D eigenvalue weighted by molar-refractivity contribution is 0.361. The quantitative estimate of drug-likeness (QED) is 0.699. The molecule has 92 valence electrons. The minimum atomic E-state index is 0.494. The molecule has 18 heavy (non-hydrogen) atoms. The Hall–Kier alpha value is -2.37. The van der Waals surface area contributed by atoms with Crippen molar-refractivity contribution in [2.45, 2.75) is 19.9 Å². The first-order valence-electron chi connectivity index (χ1n) is 5.82. The van der Waals surface area contributed by atoms with E-state index in [1.807, 2.05) is 42.2 Å². The van der Waals surface area contributed by atoms with Crippen molar-refractivity contribution in [3.8, 4) is 5.69 Å². The number of aryl methyl sites for hydroxylation is 1. The first kappa shape index (κ1) is 10.8. The molecule has 0 saturated heterocycles. The van der Waals surface area contributed by atoms with Crippen molar-refractivity contribution in [3.05, 3.63) is 48.6 Å². The van der Waals surface area contributed by atoms with Gasteiger partial charge in [-0.25, -0.2) is 0 Å². The summed E-state index contributed by atoms with van der Waals surface area (Å²) in [4.78, 5) is 4.25. The van der Waals surface area contributed by atoms with Crippen LogP contribution in [0.25, 0.3) is 5.69 Å². The number of hydrogen-bond acceptors (Lipinski definition) is 4. The fourth-order valence-electron chi connectivity index (χ4n) is 1.72. The molecule has 3 aromatic rings. The van der Waals surface area contributed by atoms with Crippen LogP contribution in [-0.2, 0) is 13.0 Å². The maximum absolute atomic E-state index is 5.13. The van der Waals surface area contributed by atoms with E-state index < -0.39 is 0 Å². The van der Waals surface area contributed by atoms with Crippen LogP contribution < -0.4 is 0 Å². The van der Waals surface area contributed by atoms with E-state index >= 15 is 0 Å². The van der Waals surface area contributed by atoms with Gasteiger partial charge in [0.05, 0.1) is 11.9 Å². The van der Waals surface area contributed by atoms with Crippen LogP contribution in [0.1, 0.15) is 18.6 Å². The zero-order valence-electron chi connectivity index (χ0n) is 10.0. The summed E-state index contributed by atoms with van der Waals surface area (Å²) in [5.41, 5.74) is 1.01. The van der Waals surface area contributed by atoms with E-state index in [1.165, 1.54) is 0 Å². The highest BCUT2D eigenvalue weighted by atomic mass is 16.5. The summed E-state index contributed by atoms with van der Waals surface area (Å²) in [6.07, 6.45) is 8.47. The summed E-state index contributed by atoms with van der Waals surface area (Å²) in [6.45, 7) is 2.49. The van der Waals surface area contributed by atoms with E-state index in [9.17, 15) is 0 Å². The molecule has 0 spiro atoms. The molecule has 0 bridgehead atoms. The van der Waals surface area contributed by atoms with Gasteiger partial charge in [0.2, 0.25) is 5.89 Å². The molecule has 0 fully saturated rings. The minimum Gasteiger partial charge on any atom is -0.337 e. The Bertz CT molecular complexity index is 622. The Balaban J connectivity index is 1.77. The highest BCUT2D eigenvalue weighted by Crippen LogP contribution is 2.08. The Morgan fingerprint density at radius 3 is 2.83 bits per heavy atom. The lowest BCUT2D eigenvalue weighted by Gasteiger charge is -1.96. The summed E-state index contributed by atoms with van der Waals surface area (Å²) in [6, 6.07) is 3.95. The van der Waals surface area contributed by atoms with Crippen molar-refractivity contribution in [1.29, 1.82) is 0 Å². The van der Waals surface area contributed by atoms with Gasteiger partial charge >= 0.3 is 0 Å². The third-order valence-corrected chi connectivity index (χ3v) is 2.65. The molecule has 3 aromatic heterocycles. The average molecular weight is 243 g/mol. The molecule has 0 radical (unpaired) electrons. The van der Waals surface area contributed by atoms with Gasteiger partial charge in [-0.15, -0.1) is 0 Å². The van der Waals surface area contributed by atoms with Gasteiger partial charge < -0.3 is 9.09 Å². The third-order valence-electron chi connectivity index (χ3n) is 2.65. The van der Waals surface area contributed by atoms with Gasteiger partial charge in [0.1, 0.15) is 6.54 Å². The predicted molar refractivity (Wildman–Crippen MR) is 64.3 cm³/mol. The molecule has 0 aromatic carbocycles. The maximum atomic E-state index is 5.13. The molecule has 0 aliphatic carbocycles. The SMILES string of the molecule is CCc1noc(Cn2cc(-n3cccc3)cn2)n1.